The Morgan fingerprint density at radius 3 is 2.87 bits per heavy atom. The van der Waals surface area contributed by atoms with Crippen molar-refractivity contribution in [2.45, 2.75) is 19.3 Å². The van der Waals surface area contributed by atoms with E-state index in [0.717, 1.165) is 29.6 Å². The number of nitrogens with zero attached hydrogens (tertiary/aromatic N) is 1. The third-order valence-electron chi connectivity index (χ3n) is 3.95. The normalized spacial score (nSPS) is 14.1. The van der Waals surface area contributed by atoms with Crippen molar-refractivity contribution < 1.29 is 9.21 Å². The molecule has 116 valence electrons. The number of benzene rings is 2. The van der Waals surface area contributed by atoms with Gasteiger partial charge in [-0.15, -0.1) is 0 Å². The number of carbonyl (C=O) groups is 1. The van der Waals surface area contributed by atoms with Gasteiger partial charge in [-0.1, -0.05) is 29.8 Å². The Hall–Kier alpha value is -2.33. The number of aromatic nitrogens is 1. The van der Waals surface area contributed by atoms with Crippen LogP contribution in [0.25, 0.3) is 11.1 Å². The lowest BCUT2D eigenvalue weighted by atomic mass is 10.1. The zero-order valence-electron chi connectivity index (χ0n) is 12.4. The number of nitrogens with one attached hydrogen (secondary N) is 1. The number of hydrogen-bond acceptors (Lipinski definition) is 3. The highest BCUT2D eigenvalue weighted by atomic mass is 35.5. The Morgan fingerprint density at radius 1 is 1.26 bits per heavy atom. The monoisotopic (exact) mass is 326 g/mol. The fourth-order valence-corrected chi connectivity index (χ4v) is 2.73. The van der Waals surface area contributed by atoms with E-state index in [1.807, 2.05) is 42.5 Å². The Morgan fingerprint density at radius 2 is 2.09 bits per heavy atom. The first kappa shape index (κ1) is 14.3. The first-order chi connectivity index (χ1) is 11.2. The van der Waals surface area contributed by atoms with Crippen LogP contribution in [0.15, 0.2) is 46.9 Å². The van der Waals surface area contributed by atoms with E-state index in [1.165, 1.54) is 0 Å². The molecule has 23 heavy (non-hydrogen) atoms. The van der Waals surface area contributed by atoms with Gasteiger partial charge in [0.2, 0.25) is 5.91 Å². The van der Waals surface area contributed by atoms with Crippen molar-refractivity contribution in [2.75, 3.05) is 5.32 Å². The molecule has 0 spiro atoms. The highest BCUT2D eigenvalue weighted by molar-refractivity contribution is 6.31. The van der Waals surface area contributed by atoms with Gasteiger partial charge in [0.15, 0.2) is 11.5 Å². The summed E-state index contributed by atoms with van der Waals surface area (Å²) in [5, 5.41) is 3.62. The van der Waals surface area contributed by atoms with Crippen LogP contribution in [0.2, 0.25) is 5.02 Å². The number of rotatable bonds is 4. The molecule has 0 atom stereocenters. The molecule has 1 N–H and O–H groups in total. The van der Waals surface area contributed by atoms with Gasteiger partial charge in [0.1, 0.15) is 5.52 Å². The lowest BCUT2D eigenvalue weighted by Crippen LogP contribution is -2.12. The number of fused-ring (bicyclic) bond motifs is 1. The maximum absolute atomic E-state index is 11.8. The lowest BCUT2D eigenvalue weighted by Gasteiger charge is -2.02. The van der Waals surface area contributed by atoms with Gasteiger partial charge in [0.25, 0.3) is 0 Å². The highest BCUT2D eigenvalue weighted by Crippen LogP contribution is 2.31. The summed E-state index contributed by atoms with van der Waals surface area (Å²) < 4.78 is 5.76. The third kappa shape index (κ3) is 3.08. The van der Waals surface area contributed by atoms with Crippen molar-refractivity contribution >= 4 is 34.3 Å². The van der Waals surface area contributed by atoms with Crippen LogP contribution >= 0.6 is 11.6 Å². The van der Waals surface area contributed by atoms with E-state index < -0.39 is 0 Å². The van der Waals surface area contributed by atoms with Gasteiger partial charge in [0, 0.05) is 16.6 Å². The van der Waals surface area contributed by atoms with Crippen molar-refractivity contribution in [2.24, 2.45) is 5.92 Å². The molecule has 0 radical (unpaired) electrons. The maximum Gasteiger partial charge on any atom is 0.227 e. The maximum atomic E-state index is 11.8. The molecule has 2 aromatic carbocycles. The van der Waals surface area contributed by atoms with Gasteiger partial charge in [0.05, 0.1) is 6.42 Å². The standard InChI is InChI=1S/C18H15ClN2O2/c19-14-4-2-1-3-12(14)9-17-21-15-10-13(7-8-16(15)23-17)20-18(22)11-5-6-11/h1-4,7-8,10-11H,5-6,9H2,(H,20,22). The Balaban J connectivity index is 1.57. The second-order valence-electron chi connectivity index (χ2n) is 5.82. The van der Waals surface area contributed by atoms with Crippen LogP contribution in [0, 0.1) is 5.92 Å². The molecule has 1 amide bonds. The number of amides is 1. The molecule has 0 bridgehead atoms. The van der Waals surface area contributed by atoms with Crippen molar-refractivity contribution in [3.63, 3.8) is 0 Å². The molecular formula is C18H15ClN2O2. The number of oxazole rings is 1. The largest absolute Gasteiger partial charge is 0.440 e. The van der Waals surface area contributed by atoms with Gasteiger partial charge < -0.3 is 9.73 Å². The topological polar surface area (TPSA) is 55.1 Å². The fourth-order valence-electron chi connectivity index (χ4n) is 2.52. The lowest BCUT2D eigenvalue weighted by molar-refractivity contribution is -0.117. The second-order valence-corrected chi connectivity index (χ2v) is 6.23. The van der Waals surface area contributed by atoms with E-state index in [-0.39, 0.29) is 11.8 Å². The average Bonchev–Trinajstić information content (AvgIpc) is 3.31. The van der Waals surface area contributed by atoms with Crippen molar-refractivity contribution in [3.05, 3.63) is 58.9 Å². The second kappa shape index (κ2) is 5.70. The first-order valence-corrected chi connectivity index (χ1v) is 8.00. The van der Waals surface area contributed by atoms with Gasteiger partial charge in [-0.25, -0.2) is 4.98 Å². The molecular weight excluding hydrogens is 312 g/mol. The summed E-state index contributed by atoms with van der Waals surface area (Å²) in [7, 11) is 0. The van der Waals surface area contributed by atoms with Crippen molar-refractivity contribution in [1.82, 2.24) is 4.98 Å². The van der Waals surface area contributed by atoms with Gasteiger partial charge >= 0.3 is 0 Å². The summed E-state index contributed by atoms with van der Waals surface area (Å²) in [5.41, 5.74) is 3.17. The minimum atomic E-state index is 0.0872. The van der Waals surface area contributed by atoms with Crippen LogP contribution in [0.1, 0.15) is 24.3 Å². The number of carbonyl (C=O) groups excluding carboxylic acids is 1. The van der Waals surface area contributed by atoms with Crippen LogP contribution in [0.4, 0.5) is 5.69 Å². The zero-order chi connectivity index (χ0) is 15.8. The van der Waals surface area contributed by atoms with Gasteiger partial charge in [-0.3, -0.25) is 4.79 Å². The summed E-state index contributed by atoms with van der Waals surface area (Å²) in [6.07, 6.45) is 2.51. The molecule has 0 aliphatic heterocycles. The summed E-state index contributed by atoms with van der Waals surface area (Å²) >= 11 is 6.17. The zero-order valence-corrected chi connectivity index (χ0v) is 13.1. The van der Waals surface area contributed by atoms with Crippen LogP contribution in [0.3, 0.4) is 0 Å². The van der Waals surface area contributed by atoms with E-state index in [2.05, 4.69) is 10.3 Å². The Bertz CT molecular complexity index is 884. The summed E-state index contributed by atoms with van der Waals surface area (Å²) in [6, 6.07) is 13.2. The summed E-state index contributed by atoms with van der Waals surface area (Å²) in [5.74, 6) is 0.877. The number of halogens is 1. The van der Waals surface area contributed by atoms with E-state index in [4.69, 9.17) is 16.0 Å². The Kier molecular flexibility index (Phi) is 3.54. The van der Waals surface area contributed by atoms with Gasteiger partial charge in [-0.05, 0) is 42.7 Å². The fraction of sp³-hybridized carbons (Fsp3) is 0.222. The molecule has 3 aromatic rings. The van der Waals surface area contributed by atoms with E-state index >= 15 is 0 Å². The molecule has 1 aliphatic rings. The molecule has 1 heterocycles. The molecule has 0 unspecified atom stereocenters. The van der Waals surface area contributed by atoms with Crippen molar-refractivity contribution in [3.8, 4) is 0 Å². The minimum Gasteiger partial charge on any atom is -0.440 e. The minimum absolute atomic E-state index is 0.0872. The van der Waals surface area contributed by atoms with E-state index in [0.29, 0.717) is 22.9 Å². The van der Waals surface area contributed by atoms with Crippen LogP contribution in [0.5, 0.6) is 0 Å². The molecule has 1 aliphatic carbocycles. The van der Waals surface area contributed by atoms with Crippen molar-refractivity contribution in [1.29, 1.82) is 0 Å². The quantitative estimate of drug-likeness (QED) is 0.772. The highest BCUT2D eigenvalue weighted by Gasteiger charge is 2.29. The molecule has 4 rings (SSSR count). The van der Waals surface area contributed by atoms with Gasteiger partial charge in [-0.2, -0.15) is 0 Å². The van der Waals surface area contributed by atoms with E-state index in [9.17, 15) is 4.79 Å². The SMILES string of the molecule is O=C(Nc1ccc2oc(Cc3ccccc3Cl)nc2c1)C1CC1. The Labute approximate surface area is 138 Å². The number of anilines is 1. The molecule has 1 saturated carbocycles. The molecule has 5 heteroatoms. The number of hydrogen-bond donors (Lipinski definition) is 1. The first-order valence-electron chi connectivity index (χ1n) is 7.63. The third-order valence-corrected chi connectivity index (χ3v) is 4.32. The molecule has 4 nitrogen and oxygen atoms in total. The smallest absolute Gasteiger partial charge is 0.227 e. The van der Waals surface area contributed by atoms with Crippen LogP contribution in [-0.2, 0) is 11.2 Å². The average molecular weight is 327 g/mol. The predicted molar refractivity (Wildman–Crippen MR) is 89.6 cm³/mol. The predicted octanol–water partition coefficient (Wildman–Crippen LogP) is 4.42. The van der Waals surface area contributed by atoms with Crippen LogP contribution < -0.4 is 5.32 Å². The molecule has 0 saturated heterocycles. The molecule has 1 aromatic heterocycles. The molecule has 1 fully saturated rings. The summed E-state index contributed by atoms with van der Waals surface area (Å²) in [6.45, 7) is 0. The van der Waals surface area contributed by atoms with E-state index in [1.54, 1.807) is 0 Å². The summed E-state index contributed by atoms with van der Waals surface area (Å²) in [4.78, 5) is 16.3. The van der Waals surface area contributed by atoms with Crippen LogP contribution in [-0.4, -0.2) is 10.9 Å².